The number of H-pyrrole nitrogens is 1. The predicted molar refractivity (Wildman–Crippen MR) is 131 cm³/mol. The van der Waals surface area contributed by atoms with Gasteiger partial charge in [-0.3, -0.25) is 4.79 Å². The van der Waals surface area contributed by atoms with Gasteiger partial charge in [0, 0.05) is 24.4 Å². The summed E-state index contributed by atoms with van der Waals surface area (Å²) in [5.41, 5.74) is 6.35. The first kappa shape index (κ1) is 20.6. The molecule has 0 radical (unpaired) electrons. The fraction of sp³-hybridized carbons (Fsp3) is 0.0769. The quantitative estimate of drug-likeness (QED) is 0.311. The van der Waals surface area contributed by atoms with Crippen molar-refractivity contribution in [3.63, 3.8) is 0 Å². The first-order chi connectivity index (χ1) is 15.2. The summed E-state index contributed by atoms with van der Waals surface area (Å²) in [7, 11) is 1.93. The van der Waals surface area contributed by atoms with E-state index in [1.165, 1.54) is 15.8 Å². The molecule has 2 aromatic heterocycles. The van der Waals surface area contributed by atoms with Crippen LogP contribution in [0, 0.1) is 6.92 Å². The Morgan fingerprint density at radius 1 is 0.935 bits per heavy atom. The van der Waals surface area contributed by atoms with E-state index in [-0.39, 0.29) is 0 Å². The lowest BCUT2D eigenvalue weighted by molar-refractivity contribution is 0.112. The molecule has 0 atom stereocenters. The zero-order valence-corrected chi connectivity index (χ0v) is 18.2. The monoisotopic (exact) mass is 425 g/mol. The van der Waals surface area contributed by atoms with Crippen molar-refractivity contribution in [2.45, 2.75) is 6.92 Å². The number of hydrogen-bond acceptors (Lipinski definition) is 4. The zero-order chi connectivity index (χ0) is 21.6. The van der Waals surface area contributed by atoms with Gasteiger partial charge in [-0.05, 0) is 30.2 Å². The molecule has 5 rings (SSSR count). The lowest BCUT2D eigenvalue weighted by atomic mass is 10.0. The number of carbonyl (C=O) groups is 1. The van der Waals surface area contributed by atoms with Crippen LogP contribution in [0.2, 0.25) is 0 Å². The fourth-order valence-corrected chi connectivity index (χ4v) is 4.42. The number of thiazole rings is 1. The number of carbonyl (C=O) groups excluding carboxylic acids is 1. The Morgan fingerprint density at radius 2 is 1.65 bits per heavy atom. The van der Waals surface area contributed by atoms with Crippen LogP contribution in [-0.2, 0) is 0 Å². The van der Waals surface area contributed by atoms with Crippen LogP contribution in [0.15, 0.2) is 85.1 Å². The molecule has 0 aliphatic carbocycles. The van der Waals surface area contributed by atoms with Gasteiger partial charge in [0.1, 0.15) is 17.1 Å². The Morgan fingerprint density at radius 3 is 2.32 bits per heavy atom. The summed E-state index contributed by atoms with van der Waals surface area (Å²) < 4.78 is 1.21. The van der Waals surface area contributed by atoms with E-state index in [0.29, 0.717) is 0 Å². The third-order valence-electron chi connectivity index (χ3n) is 5.04. The molecule has 3 aromatic carbocycles. The van der Waals surface area contributed by atoms with E-state index in [1.54, 1.807) is 11.3 Å². The van der Waals surface area contributed by atoms with Crippen LogP contribution in [-0.4, -0.2) is 23.3 Å². The number of aldehydes is 1. The molecule has 0 saturated carbocycles. The first-order valence-electron chi connectivity index (χ1n) is 10.0. The average Bonchev–Trinajstić information content (AvgIpc) is 3.44. The number of para-hydroxylation sites is 1. The molecule has 0 spiro atoms. The highest BCUT2D eigenvalue weighted by Gasteiger charge is 2.17. The minimum Gasteiger partial charge on any atom is -0.374 e. The van der Waals surface area contributed by atoms with Gasteiger partial charge in [-0.1, -0.05) is 66.7 Å². The standard InChI is InChI=1S/C18H15N3S.C8H8O/c1-19-17-16(13(11-20-17)12-7-3-2-4-8-12)18-21-14-9-5-6-10-15(14)22-18;1-7-4-2-3-5-8(7)6-9/h2-11,19-20H,1H3;2-6H,1H3. The van der Waals surface area contributed by atoms with Gasteiger partial charge >= 0.3 is 0 Å². The molecule has 0 aliphatic rings. The van der Waals surface area contributed by atoms with Gasteiger partial charge in [0.15, 0.2) is 0 Å². The molecule has 5 aromatic rings. The van der Waals surface area contributed by atoms with E-state index < -0.39 is 0 Å². The van der Waals surface area contributed by atoms with Crippen molar-refractivity contribution in [3.8, 4) is 21.7 Å². The number of hydrogen-bond donors (Lipinski definition) is 2. The summed E-state index contributed by atoms with van der Waals surface area (Å²) >= 11 is 1.72. The van der Waals surface area contributed by atoms with E-state index >= 15 is 0 Å². The van der Waals surface area contributed by atoms with Crippen molar-refractivity contribution in [2.75, 3.05) is 12.4 Å². The molecule has 154 valence electrons. The van der Waals surface area contributed by atoms with Crippen LogP contribution >= 0.6 is 11.3 Å². The van der Waals surface area contributed by atoms with Gasteiger partial charge in [0.25, 0.3) is 0 Å². The number of anilines is 1. The molecule has 0 aliphatic heterocycles. The summed E-state index contributed by atoms with van der Waals surface area (Å²) in [4.78, 5) is 18.4. The van der Waals surface area contributed by atoms with Crippen molar-refractivity contribution in [3.05, 3.63) is 96.2 Å². The third kappa shape index (κ3) is 4.42. The summed E-state index contributed by atoms with van der Waals surface area (Å²) in [5, 5.41) is 4.27. The number of nitrogens with zero attached hydrogens (tertiary/aromatic N) is 1. The second-order valence-corrected chi connectivity index (χ2v) is 8.06. The van der Waals surface area contributed by atoms with Gasteiger partial charge in [0.05, 0.1) is 15.8 Å². The second kappa shape index (κ2) is 9.41. The van der Waals surface area contributed by atoms with Crippen molar-refractivity contribution in [1.29, 1.82) is 0 Å². The summed E-state index contributed by atoms with van der Waals surface area (Å²) in [6.07, 6.45) is 2.91. The van der Waals surface area contributed by atoms with E-state index in [4.69, 9.17) is 4.98 Å². The number of aromatic nitrogens is 2. The average molecular weight is 426 g/mol. The molecule has 0 bridgehead atoms. The molecule has 0 unspecified atom stereocenters. The molecule has 2 N–H and O–H groups in total. The van der Waals surface area contributed by atoms with Crippen molar-refractivity contribution < 1.29 is 4.79 Å². The number of aromatic amines is 1. The van der Waals surface area contributed by atoms with Crippen molar-refractivity contribution in [1.82, 2.24) is 9.97 Å². The molecule has 0 fully saturated rings. The van der Waals surface area contributed by atoms with Crippen LogP contribution < -0.4 is 5.32 Å². The Labute approximate surface area is 185 Å². The van der Waals surface area contributed by atoms with Crippen LogP contribution in [0.25, 0.3) is 31.9 Å². The number of fused-ring (bicyclic) bond motifs is 1. The fourth-order valence-electron chi connectivity index (χ4n) is 3.39. The smallest absolute Gasteiger partial charge is 0.150 e. The molecule has 5 heteroatoms. The summed E-state index contributed by atoms with van der Waals surface area (Å²) in [6.45, 7) is 1.92. The van der Waals surface area contributed by atoms with Gasteiger partial charge < -0.3 is 10.3 Å². The van der Waals surface area contributed by atoms with Gasteiger partial charge in [-0.2, -0.15) is 0 Å². The van der Waals surface area contributed by atoms with Gasteiger partial charge in [-0.25, -0.2) is 4.98 Å². The summed E-state index contributed by atoms with van der Waals surface area (Å²) in [5.74, 6) is 0.998. The highest BCUT2D eigenvalue weighted by Crippen LogP contribution is 2.41. The molecular formula is C26H23N3OS. The molecular weight excluding hydrogens is 402 g/mol. The van der Waals surface area contributed by atoms with Gasteiger partial charge in [-0.15, -0.1) is 11.3 Å². The maximum atomic E-state index is 10.2. The van der Waals surface area contributed by atoms with E-state index in [2.05, 4.69) is 52.8 Å². The highest BCUT2D eigenvalue weighted by atomic mass is 32.1. The highest BCUT2D eigenvalue weighted by molar-refractivity contribution is 7.21. The Balaban J connectivity index is 0.000000217. The van der Waals surface area contributed by atoms with Crippen LogP contribution in [0.1, 0.15) is 15.9 Å². The lowest BCUT2D eigenvalue weighted by Gasteiger charge is -2.04. The summed E-state index contributed by atoms with van der Waals surface area (Å²) in [6, 6.07) is 26.2. The predicted octanol–water partition coefficient (Wildman–Crippen LogP) is 6.81. The van der Waals surface area contributed by atoms with E-state index in [1.807, 2.05) is 56.6 Å². The van der Waals surface area contributed by atoms with Crippen LogP contribution in [0.5, 0.6) is 0 Å². The SMILES string of the molecule is CNc1[nH]cc(-c2ccccc2)c1-c1nc2ccccc2s1.Cc1ccccc1C=O. The normalized spacial score (nSPS) is 10.4. The maximum absolute atomic E-state index is 10.2. The molecule has 2 heterocycles. The van der Waals surface area contributed by atoms with E-state index in [0.717, 1.165) is 39.3 Å². The zero-order valence-electron chi connectivity index (χ0n) is 17.4. The molecule has 0 amide bonds. The van der Waals surface area contributed by atoms with E-state index in [9.17, 15) is 4.79 Å². The molecule has 4 nitrogen and oxygen atoms in total. The first-order valence-corrected chi connectivity index (χ1v) is 10.8. The van der Waals surface area contributed by atoms with Gasteiger partial charge in [0.2, 0.25) is 0 Å². The van der Waals surface area contributed by atoms with Crippen molar-refractivity contribution in [2.24, 2.45) is 0 Å². The Bertz CT molecular complexity index is 1270. The number of nitrogens with one attached hydrogen (secondary N) is 2. The lowest BCUT2D eigenvalue weighted by Crippen LogP contribution is -1.90. The Kier molecular flexibility index (Phi) is 6.24. The molecule has 0 saturated heterocycles. The minimum atomic E-state index is 0.775. The number of aryl methyl sites for hydroxylation is 1. The largest absolute Gasteiger partial charge is 0.374 e. The topological polar surface area (TPSA) is 57.8 Å². The minimum absolute atomic E-state index is 0.775. The van der Waals surface area contributed by atoms with Crippen LogP contribution in [0.4, 0.5) is 5.82 Å². The Hall–Kier alpha value is -3.70. The maximum Gasteiger partial charge on any atom is 0.150 e. The second-order valence-electron chi connectivity index (χ2n) is 7.03. The number of rotatable bonds is 4. The number of benzene rings is 3. The van der Waals surface area contributed by atoms with Crippen LogP contribution in [0.3, 0.4) is 0 Å². The molecule has 31 heavy (non-hydrogen) atoms. The van der Waals surface area contributed by atoms with Crippen molar-refractivity contribution >= 4 is 33.7 Å². The third-order valence-corrected chi connectivity index (χ3v) is 6.09.